The number of anilines is 1. The lowest BCUT2D eigenvalue weighted by atomic mass is 10.1. The molecule has 0 bridgehead atoms. The number of aliphatic hydroxyl groups is 1. The molecule has 0 spiro atoms. The van der Waals surface area contributed by atoms with Crippen LogP contribution in [0.1, 0.15) is 36.9 Å². The second-order valence-corrected chi connectivity index (χ2v) is 7.69. The third kappa shape index (κ3) is 4.03. The van der Waals surface area contributed by atoms with Crippen molar-refractivity contribution in [2.75, 3.05) is 51.8 Å². The van der Waals surface area contributed by atoms with Crippen LogP contribution in [0.5, 0.6) is 11.5 Å². The van der Waals surface area contributed by atoms with E-state index in [9.17, 15) is 5.11 Å². The number of likely N-dealkylation sites (tertiary alicyclic amines) is 1. The van der Waals surface area contributed by atoms with Gasteiger partial charge in [0.15, 0.2) is 11.5 Å². The molecule has 4 rings (SSSR count). The van der Waals surface area contributed by atoms with Crippen LogP contribution in [-0.4, -0.2) is 61.5 Å². The molecule has 1 saturated heterocycles. The van der Waals surface area contributed by atoms with Crippen molar-refractivity contribution in [3.05, 3.63) is 23.4 Å². The summed E-state index contributed by atoms with van der Waals surface area (Å²) < 4.78 is 11.7. The van der Waals surface area contributed by atoms with Gasteiger partial charge >= 0.3 is 0 Å². The number of nitrogens with one attached hydrogen (secondary N) is 1. The number of rotatable bonds is 9. The summed E-state index contributed by atoms with van der Waals surface area (Å²) in [6.45, 7) is 4.85. The zero-order chi connectivity index (χ0) is 19.3. The second-order valence-electron chi connectivity index (χ2n) is 7.69. The number of hydrogen-bond acceptors (Lipinski definition) is 6. The summed E-state index contributed by atoms with van der Waals surface area (Å²) in [4.78, 5) is 7.41. The van der Waals surface area contributed by atoms with Crippen LogP contribution in [0.25, 0.3) is 10.9 Å². The first-order chi connectivity index (χ1) is 13.8. The van der Waals surface area contributed by atoms with Crippen LogP contribution in [0, 0.1) is 0 Å². The van der Waals surface area contributed by atoms with Crippen LogP contribution in [0.4, 0.5) is 5.69 Å². The molecule has 28 heavy (non-hydrogen) atoms. The van der Waals surface area contributed by atoms with Crippen molar-refractivity contribution in [3.63, 3.8) is 0 Å². The van der Waals surface area contributed by atoms with E-state index in [1.165, 1.54) is 31.5 Å². The monoisotopic (exact) mass is 385 g/mol. The molecule has 6 heteroatoms. The van der Waals surface area contributed by atoms with Gasteiger partial charge in [0.25, 0.3) is 0 Å². The summed E-state index contributed by atoms with van der Waals surface area (Å²) in [5.41, 5.74) is 4.46. The van der Waals surface area contributed by atoms with E-state index in [-0.39, 0.29) is 6.61 Å². The van der Waals surface area contributed by atoms with Gasteiger partial charge in [-0.3, -0.25) is 4.98 Å². The highest BCUT2D eigenvalue weighted by atomic mass is 16.5. The Morgan fingerprint density at radius 2 is 2.00 bits per heavy atom. The fourth-order valence-corrected chi connectivity index (χ4v) is 4.40. The SMILES string of the molecule is COc1cc2c(NCCO)c3c(nc2cc1OCCCN1CCCC1)CCC3. The van der Waals surface area contributed by atoms with Crippen molar-refractivity contribution in [2.24, 2.45) is 0 Å². The van der Waals surface area contributed by atoms with Crippen LogP contribution >= 0.6 is 0 Å². The van der Waals surface area contributed by atoms with E-state index in [0.29, 0.717) is 13.2 Å². The van der Waals surface area contributed by atoms with E-state index in [4.69, 9.17) is 14.5 Å². The maximum Gasteiger partial charge on any atom is 0.163 e. The number of methoxy groups -OCH3 is 1. The first-order valence-electron chi connectivity index (χ1n) is 10.5. The highest BCUT2D eigenvalue weighted by molar-refractivity contribution is 5.96. The molecule has 2 aromatic rings. The quantitative estimate of drug-likeness (QED) is 0.647. The number of fused-ring (bicyclic) bond motifs is 2. The van der Waals surface area contributed by atoms with Gasteiger partial charge in [0.2, 0.25) is 0 Å². The lowest BCUT2D eigenvalue weighted by molar-refractivity contribution is 0.254. The number of aryl methyl sites for hydroxylation is 1. The Labute approximate surface area is 166 Å². The Balaban J connectivity index is 1.56. The molecule has 0 unspecified atom stereocenters. The van der Waals surface area contributed by atoms with E-state index in [2.05, 4.69) is 10.2 Å². The van der Waals surface area contributed by atoms with Gasteiger partial charge in [0, 0.05) is 35.9 Å². The van der Waals surface area contributed by atoms with Crippen molar-refractivity contribution < 1.29 is 14.6 Å². The number of hydrogen-bond donors (Lipinski definition) is 2. The minimum Gasteiger partial charge on any atom is -0.493 e. The molecule has 2 aliphatic rings. The van der Waals surface area contributed by atoms with Gasteiger partial charge in [0.05, 0.1) is 25.8 Å². The summed E-state index contributed by atoms with van der Waals surface area (Å²) >= 11 is 0. The largest absolute Gasteiger partial charge is 0.493 e. The molecule has 1 fully saturated rings. The predicted octanol–water partition coefficient (Wildman–Crippen LogP) is 3.00. The average Bonchev–Trinajstić information content (AvgIpc) is 3.39. The van der Waals surface area contributed by atoms with Crippen LogP contribution < -0.4 is 14.8 Å². The van der Waals surface area contributed by atoms with Gasteiger partial charge in [-0.25, -0.2) is 0 Å². The lowest BCUT2D eigenvalue weighted by Crippen LogP contribution is -2.21. The van der Waals surface area contributed by atoms with Gasteiger partial charge < -0.3 is 24.8 Å². The molecule has 2 heterocycles. The van der Waals surface area contributed by atoms with Crippen LogP contribution in [0.15, 0.2) is 12.1 Å². The molecule has 152 valence electrons. The molecule has 0 amide bonds. The van der Waals surface area contributed by atoms with Gasteiger partial charge in [-0.1, -0.05) is 0 Å². The molecule has 1 aliphatic carbocycles. The van der Waals surface area contributed by atoms with E-state index in [1.807, 2.05) is 12.1 Å². The van der Waals surface area contributed by atoms with Gasteiger partial charge in [-0.15, -0.1) is 0 Å². The number of benzene rings is 1. The van der Waals surface area contributed by atoms with Crippen LogP contribution in [0.2, 0.25) is 0 Å². The van der Waals surface area contributed by atoms with Crippen molar-refractivity contribution in [1.29, 1.82) is 0 Å². The van der Waals surface area contributed by atoms with E-state index < -0.39 is 0 Å². The maximum atomic E-state index is 9.27. The van der Waals surface area contributed by atoms with Crippen molar-refractivity contribution in [2.45, 2.75) is 38.5 Å². The molecule has 0 atom stereocenters. The van der Waals surface area contributed by atoms with Crippen molar-refractivity contribution in [3.8, 4) is 11.5 Å². The molecule has 2 N–H and O–H groups in total. The topological polar surface area (TPSA) is 66.8 Å². The molecular weight excluding hydrogens is 354 g/mol. The fourth-order valence-electron chi connectivity index (χ4n) is 4.40. The first kappa shape index (κ1) is 19.3. The second kappa shape index (κ2) is 8.97. The van der Waals surface area contributed by atoms with Crippen LogP contribution in [0.3, 0.4) is 0 Å². The number of ether oxygens (including phenoxy) is 2. The van der Waals surface area contributed by atoms with E-state index >= 15 is 0 Å². The lowest BCUT2D eigenvalue weighted by Gasteiger charge is -2.18. The van der Waals surface area contributed by atoms with Gasteiger partial charge in [-0.2, -0.15) is 0 Å². The molecule has 1 aromatic carbocycles. The molecule has 6 nitrogen and oxygen atoms in total. The average molecular weight is 386 g/mol. The standard InChI is InChI=1S/C22H31N3O3/c1-27-20-14-17-19(15-21(20)28-13-5-11-25-9-2-3-10-25)24-18-7-4-6-16(18)22(17)23-8-12-26/h14-15,26H,2-13H2,1H3,(H,23,24). The minimum atomic E-state index is 0.105. The zero-order valence-corrected chi connectivity index (χ0v) is 16.8. The molecule has 0 radical (unpaired) electrons. The summed E-state index contributed by atoms with van der Waals surface area (Å²) in [7, 11) is 1.68. The first-order valence-corrected chi connectivity index (χ1v) is 10.5. The Kier molecular flexibility index (Phi) is 6.17. The summed E-state index contributed by atoms with van der Waals surface area (Å²) in [5, 5.41) is 13.7. The molecule has 0 saturated carbocycles. The van der Waals surface area contributed by atoms with Gasteiger partial charge in [-0.05, 0) is 63.2 Å². The van der Waals surface area contributed by atoms with Crippen molar-refractivity contribution in [1.82, 2.24) is 9.88 Å². The van der Waals surface area contributed by atoms with E-state index in [0.717, 1.165) is 66.0 Å². The minimum absolute atomic E-state index is 0.105. The zero-order valence-electron chi connectivity index (χ0n) is 16.8. The Bertz CT molecular complexity index is 819. The maximum absolute atomic E-state index is 9.27. The number of aromatic nitrogens is 1. The Hall–Kier alpha value is -2.05. The number of nitrogens with zero attached hydrogens (tertiary/aromatic N) is 2. The molecule has 1 aromatic heterocycles. The Morgan fingerprint density at radius 3 is 2.79 bits per heavy atom. The highest BCUT2D eigenvalue weighted by Gasteiger charge is 2.21. The third-order valence-electron chi connectivity index (χ3n) is 5.79. The predicted molar refractivity (Wildman–Crippen MR) is 112 cm³/mol. The molecular formula is C22H31N3O3. The fraction of sp³-hybridized carbons (Fsp3) is 0.591. The Morgan fingerprint density at radius 1 is 1.14 bits per heavy atom. The van der Waals surface area contributed by atoms with Crippen LogP contribution in [-0.2, 0) is 12.8 Å². The smallest absolute Gasteiger partial charge is 0.163 e. The summed E-state index contributed by atoms with van der Waals surface area (Å²) in [5.74, 6) is 1.50. The normalized spacial score (nSPS) is 16.5. The van der Waals surface area contributed by atoms with Crippen molar-refractivity contribution >= 4 is 16.6 Å². The number of pyridine rings is 1. The van der Waals surface area contributed by atoms with E-state index in [1.54, 1.807) is 7.11 Å². The third-order valence-corrected chi connectivity index (χ3v) is 5.79. The number of aliphatic hydroxyl groups excluding tert-OH is 1. The molecule has 1 aliphatic heterocycles. The van der Waals surface area contributed by atoms with Gasteiger partial charge in [0.1, 0.15) is 0 Å². The highest BCUT2D eigenvalue weighted by Crippen LogP contribution is 2.39. The summed E-state index contributed by atoms with van der Waals surface area (Å²) in [6.07, 6.45) is 6.83. The summed E-state index contributed by atoms with van der Waals surface area (Å²) in [6, 6.07) is 4.03.